The molecule has 0 aliphatic carbocycles. The number of unbranched alkanes of at least 4 members (excludes halogenated alkanes) is 1. The summed E-state index contributed by atoms with van der Waals surface area (Å²) in [5, 5.41) is 2.80. The Balaban J connectivity index is 1.39. The van der Waals surface area contributed by atoms with E-state index in [2.05, 4.69) is 5.32 Å². The summed E-state index contributed by atoms with van der Waals surface area (Å²) >= 11 is 0. The summed E-state index contributed by atoms with van der Waals surface area (Å²) in [6, 6.07) is 5.23. The maximum absolute atomic E-state index is 12.2. The first-order valence-corrected chi connectivity index (χ1v) is 10.3. The van der Waals surface area contributed by atoms with Gasteiger partial charge in [-0.25, -0.2) is 12.7 Å². The lowest BCUT2D eigenvalue weighted by atomic mass is 10.2. The number of sulfonamides is 1. The standard InChI is InChI=1S/C17H24N2O5S/c20-17(18-14-7-8-15-16(12-14)24-13-23-15)6-2-5-11-25(21,22)19-9-3-1-4-10-19/h7-8,12H,1-6,9-11,13H2,(H,18,20). The molecule has 2 heterocycles. The molecule has 1 N–H and O–H groups in total. The van der Waals surface area contributed by atoms with Crippen molar-refractivity contribution >= 4 is 21.6 Å². The average molecular weight is 368 g/mol. The molecule has 0 aromatic heterocycles. The van der Waals surface area contributed by atoms with Crippen LogP contribution in [-0.2, 0) is 14.8 Å². The maximum atomic E-state index is 12.2. The molecule has 2 aliphatic heterocycles. The molecule has 0 atom stereocenters. The van der Waals surface area contributed by atoms with Gasteiger partial charge >= 0.3 is 0 Å². The van der Waals surface area contributed by atoms with Crippen molar-refractivity contribution in [1.29, 1.82) is 0 Å². The van der Waals surface area contributed by atoms with E-state index in [-0.39, 0.29) is 18.5 Å². The van der Waals surface area contributed by atoms with E-state index >= 15 is 0 Å². The topological polar surface area (TPSA) is 84.9 Å². The smallest absolute Gasteiger partial charge is 0.231 e. The number of anilines is 1. The molecule has 0 bridgehead atoms. The van der Waals surface area contributed by atoms with Gasteiger partial charge in [0.05, 0.1) is 5.75 Å². The van der Waals surface area contributed by atoms with E-state index < -0.39 is 10.0 Å². The number of ether oxygens (including phenoxy) is 2. The first kappa shape index (κ1) is 18.0. The molecule has 25 heavy (non-hydrogen) atoms. The predicted octanol–water partition coefficient (Wildman–Crippen LogP) is 2.34. The molecule has 0 unspecified atom stereocenters. The SMILES string of the molecule is O=C(CCCCS(=O)(=O)N1CCCCC1)Nc1ccc2c(c1)OCO2. The number of rotatable bonds is 7. The molecule has 1 aromatic rings. The van der Waals surface area contributed by atoms with Crippen molar-refractivity contribution in [2.75, 3.05) is 31.0 Å². The highest BCUT2D eigenvalue weighted by Crippen LogP contribution is 2.34. The van der Waals surface area contributed by atoms with Crippen LogP contribution in [0.4, 0.5) is 5.69 Å². The van der Waals surface area contributed by atoms with Gasteiger partial charge in [-0.1, -0.05) is 6.42 Å². The van der Waals surface area contributed by atoms with Gasteiger partial charge in [0.1, 0.15) is 0 Å². The fourth-order valence-electron chi connectivity index (χ4n) is 3.04. The van der Waals surface area contributed by atoms with Gasteiger partial charge in [0.25, 0.3) is 0 Å². The van der Waals surface area contributed by atoms with Gasteiger partial charge in [-0.15, -0.1) is 0 Å². The Kier molecular flexibility index (Phi) is 5.80. The van der Waals surface area contributed by atoms with Crippen LogP contribution in [-0.4, -0.2) is 44.3 Å². The number of carbonyl (C=O) groups is 1. The highest BCUT2D eigenvalue weighted by atomic mass is 32.2. The Bertz CT molecular complexity index is 714. The zero-order valence-electron chi connectivity index (χ0n) is 14.2. The molecular formula is C17H24N2O5S. The lowest BCUT2D eigenvalue weighted by Gasteiger charge is -2.25. The van der Waals surface area contributed by atoms with Crippen molar-refractivity contribution in [2.24, 2.45) is 0 Å². The number of hydrogen-bond donors (Lipinski definition) is 1. The summed E-state index contributed by atoms with van der Waals surface area (Å²) in [5.41, 5.74) is 0.648. The molecule has 138 valence electrons. The van der Waals surface area contributed by atoms with Crippen LogP contribution < -0.4 is 14.8 Å². The molecule has 1 amide bonds. The summed E-state index contributed by atoms with van der Waals surface area (Å²) < 4.78 is 36.5. The predicted molar refractivity (Wildman–Crippen MR) is 94.3 cm³/mol. The number of hydrogen-bond acceptors (Lipinski definition) is 5. The number of nitrogens with zero attached hydrogens (tertiary/aromatic N) is 1. The van der Waals surface area contributed by atoms with Crippen LogP contribution in [0.1, 0.15) is 38.5 Å². The zero-order chi connectivity index (χ0) is 17.7. The number of fused-ring (bicyclic) bond motifs is 1. The van der Waals surface area contributed by atoms with E-state index in [1.165, 1.54) is 0 Å². The first-order valence-electron chi connectivity index (χ1n) is 8.72. The number of benzene rings is 1. The van der Waals surface area contributed by atoms with Crippen molar-refractivity contribution in [3.05, 3.63) is 18.2 Å². The van der Waals surface area contributed by atoms with Gasteiger partial charge in [-0.2, -0.15) is 0 Å². The summed E-state index contributed by atoms with van der Waals surface area (Å²) in [6.07, 6.45) is 4.32. The number of carbonyl (C=O) groups excluding carboxylic acids is 1. The van der Waals surface area contributed by atoms with Gasteiger partial charge in [0.15, 0.2) is 11.5 Å². The van der Waals surface area contributed by atoms with E-state index in [0.717, 1.165) is 19.3 Å². The van der Waals surface area contributed by atoms with Crippen molar-refractivity contribution < 1.29 is 22.7 Å². The summed E-state index contributed by atoms with van der Waals surface area (Å²) in [7, 11) is -3.18. The minimum absolute atomic E-state index is 0.115. The Morgan fingerprint density at radius 3 is 2.64 bits per heavy atom. The Morgan fingerprint density at radius 2 is 1.84 bits per heavy atom. The monoisotopic (exact) mass is 368 g/mol. The second-order valence-corrected chi connectivity index (χ2v) is 8.44. The van der Waals surface area contributed by atoms with Crippen LogP contribution in [0.15, 0.2) is 18.2 Å². The second-order valence-electron chi connectivity index (χ2n) is 6.35. The lowest BCUT2D eigenvalue weighted by Crippen LogP contribution is -2.37. The Morgan fingerprint density at radius 1 is 1.08 bits per heavy atom. The number of amides is 1. The van der Waals surface area contributed by atoms with Gasteiger partial charge in [0.2, 0.25) is 22.7 Å². The molecule has 0 spiro atoms. The molecule has 3 rings (SSSR count). The molecule has 1 fully saturated rings. The molecule has 8 heteroatoms. The second kappa shape index (κ2) is 8.05. The molecule has 7 nitrogen and oxygen atoms in total. The van der Waals surface area contributed by atoms with E-state index in [9.17, 15) is 13.2 Å². The van der Waals surface area contributed by atoms with Gasteiger partial charge in [0, 0.05) is 31.3 Å². The highest BCUT2D eigenvalue weighted by molar-refractivity contribution is 7.89. The maximum Gasteiger partial charge on any atom is 0.231 e. The van der Waals surface area contributed by atoms with Crippen LogP contribution in [0.2, 0.25) is 0 Å². The minimum atomic E-state index is -3.18. The molecule has 2 aliphatic rings. The van der Waals surface area contributed by atoms with E-state index in [1.54, 1.807) is 22.5 Å². The third-order valence-electron chi connectivity index (χ3n) is 4.42. The minimum Gasteiger partial charge on any atom is -0.454 e. The van der Waals surface area contributed by atoms with E-state index in [4.69, 9.17) is 9.47 Å². The number of nitrogens with one attached hydrogen (secondary N) is 1. The third kappa shape index (κ3) is 4.85. The number of piperidine rings is 1. The van der Waals surface area contributed by atoms with Crippen LogP contribution in [0.3, 0.4) is 0 Å². The average Bonchev–Trinajstić information content (AvgIpc) is 3.07. The highest BCUT2D eigenvalue weighted by Gasteiger charge is 2.23. The van der Waals surface area contributed by atoms with Crippen molar-refractivity contribution in [3.8, 4) is 11.5 Å². The zero-order valence-corrected chi connectivity index (χ0v) is 15.0. The summed E-state index contributed by atoms with van der Waals surface area (Å²) in [4.78, 5) is 12.0. The third-order valence-corrected chi connectivity index (χ3v) is 6.38. The van der Waals surface area contributed by atoms with Crippen LogP contribution in [0.5, 0.6) is 11.5 Å². The van der Waals surface area contributed by atoms with Crippen molar-refractivity contribution in [3.63, 3.8) is 0 Å². The fraction of sp³-hybridized carbons (Fsp3) is 0.588. The molecule has 1 aromatic carbocycles. The van der Waals surface area contributed by atoms with E-state index in [1.807, 2.05) is 0 Å². The summed E-state index contributed by atoms with van der Waals surface area (Å²) in [6.45, 7) is 1.46. The van der Waals surface area contributed by atoms with Crippen LogP contribution in [0.25, 0.3) is 0 Å². The lowest BCUT2D eigenvalue weighted by molar-refractivity contribution is -0.116. The molecule has 0 saturated carbocycles. The van der Waals surface area contributed by atoms with Crippen LogP contribution >= 0.6 is 0 Å². The quantitative estimate of drug-likeness (QED) is 0.747. The normalized spacial score (nSPS) is 17.4. The molecule has 0 radical (unpaired) electrons. The Labute approximate surface area is 148 Å². The van der Waals surface area contributed by atoms with Crippen molar-refractivity contribution in [2.45, 2.75) is 38.5 Å². The molecule has 1 saturated heterocycles. The van der Waals surface area contributed by atoms with Crippen LogP contribution in [0, 0.1) is 0 Å². The summed E-state index contributed by atoms with van der Waals surface area (Å²) in [5.74, 6) is 1.27. The van der Waals surface area contributed by atoms with Gasteiger partial charge < -0.3 is 14.8 Å². The fourth-order valence-corrected chi connectivity index (χ4v) is 4.68. The largest absolute Gasteiger partial charge is 0.454 e. The van der Waals surface area contributed by atoms with Gasteiger partial charge in [-0.05, 0) is 37.8 Å². The van der Waals surface area contributed by atoms with Crippen molar-refractivity contribution in [1.82, 2.24) is 4.31 Å². The van der Waals surface area contributed by atoms with Gasteiger partial charge in [-0.3, -0.25) is 4.79 Å². The molecular weight excluding hydrogens is 344 g/mol. The first-order chi connectivity index (χ1) is 12.0. The Hall–Kier alpha value is -1.80. The van der Waals surface area contributed by atoms with E-state index in [0.29, 0.717) is 49.5 Å².